The maximum Gasteiger partial charge on any atom is 0.340 e. The Labute approximate surface area is 155 Å². The van der Waals surface area contributed by atoms with Gasteiger partial charge in [0.15, 0.2) is 0 Å². The monoisotopic (exact) mass is 371 g/mol. The van der Waals surface area contributed by atoms with Crippen molar-refractivity contribution in [3.05, 3.63) is 65.7 Å². The third-order valence-electron chi connectivity index (χ3n) is 4.39. The molecule has 0 bridgehead atoms. The van der Waals surface area contributed by atoms with Gasteiger partial charge in [0.25, 0.3) is 5.91 Å². The van der Waals surface area contributed by atoms with Gasteiger partial charge in [-0.25, -0.2) is 4.79 Å². The van der Waals surface area contributed by atoms with E-state index in [1.807, 2.05) is 18.2 Å². The Morgan fingerprint density at radius 3 is 2.27 bits per heavy atom. The Bertz CT molecular complexity index is 816. The van der Waals surface area contributed by atoms with Crippen LogP contribution in [-0.2, 0) is 20.3 Å². The van der Waals surface area contributed by atoms with E-state index in [0.717, 1.165) is 12.8 Å². The first-order chi connectivity index (χ1) is 12.6. The Morgan fingerprint density at radius 2 is 1.62 bits per heavy atom. The van der Waals surface area contributed by atoms with Crippen LogP contribution in [0.15, 0.2) is 59.5 Å². The van der Waals surface area contributed by atoms with Crippen molar-refractivity contribution in [1.29, 1.82) is 0 Å². The lowest BCUT2D eigenvalue weighted by atomic mass is 10.1. The van der Waals surface area contributed by atoms with Crippen LogP contribution in [0.25, 0.3) is 0 Å². The summed E-state index contributed by atoms with van der Waals surface area (Å²) in [6.45, 7) is 1.35. The highest BCUT2D eigenvalue weighted by Crippen LogP contribution is 2.25. The molecule has 6 heteroatoms. The molecule has 5 nitrogen and oxygen atoms in total. The average molecular weight is 371 g/mol. The first kappa shape index (κ1) is 18.3. The van der Waals surface area contributed by atoms with Crippen LogP contribution in [-0.4, -0.2) is 40.3 Å². The zero-order valence-corrected chi connectivity index (χ0v) is 15.4. The molecule has 0 saturated carbocycles. The Balaban J connectivity index is 1.89. The smallest absolute Gasteiger partial charge is 0.340 e. The molecule has 2 atom stereocenters. The van der Waals surface area contributed by atoms with Crippen LogP contribution in [0.2, 0.25) is 0 Å². The lowest BCUT2D eigenvalue weighted by molar-refractivity contribution is -0.140. The van der Waals surface area contributed by atoms with Gasteiger partial charge < -0.3 is 9.64 Å². The third-order valence-corrected chi connectivity index (χ3v) is 5.36. The van der Waals surface area contributed by atoms with Gasteiger partial charge in [-0.1, -0.05) is 42.5 Å². The largest absolute Gasteiger partial charge is 0.444 e. The van der Waals surface area contributed by atoms with E-state index in [2.05, 4.69) is 0 Å². The molecule has 0 aliphatic carbocycles. The lowest BCUT2D eigenvalue weighted by Crippen LogP contribution is -2.35. The van der Waals surface area contributed by atoms with Gasteiger partial charge in [-0.3, -0.25) is 9.00 Å². The zero-order chi connectivity index (χ0) is 18.5. The predicted octanol–water partition coefficient (Wildman–Crippen LogP) is 2.94. The molecule has 0 radical (unpaired) electrons. The molecule has 1 fully saturated rings. The molecule has 2 aromatic rings. The molecule has 136 valence electrons. The molecule has 26 heavy (non-hydrogen) atoms. The van der Waals surface area contributed by atoms with E-state index in [-0.39, 0.29) is 11.5 Å². The number of esters is 1. The number of carbonyl (C=O) groups is 2. The lowest BCUT2D eigenvalue weighted by Gasteiger charge is -2.23. The van der Waals surface area contributed by atoms with Crippen molar-refractivity contribution in [3.8, 4) is 0 Å². The standard InChI is InChI=1S/C20H21NO4S/c1-26(24)17-12-6-5-11-16(17)20(23)25-18(15-9-3-2-4-10-15)19(22)21-13-7-8-14-21/h2-6,9-12,18H,7-8,13-14H2,1H3/t18-,26-/m0/s1. The van der Waals surface area contributed by atoms with Crippen molar-refractivity contribution in [1.82, 2.24) is 4.90 Å². The maximum absolute atomic E-state index is 12.9. The minimum absolute atomic E-state index is 0.211. The first-order valence-electron chi connectivity index (χ1n) is 8.55. The van der Waals surface area contributed by atoms with Crippen molar-refractivity contribution in [2.75, 3.05) is 19.3 Å². The van der Waals surface area contributed by atoms with Gasteiger partial charge in [-0.05, 0) is 25.0 Å². The number of ether oxygens (including phenoxy) is 1. The SMILES string of the molecule is C[S@](=O)c1ccccc1C(=O)O[C@H](C(=O)N1CCCC1)c1ccccc1. The Kier molecular flexibility index (Phi) is 5.83. The van der Waals surface area contributed by atoms with Gasteiger partial charge in [0.1, 0.15) is 0 Å². The topological polar surface area (TPSA) is 63.7 Å². The number of carbonyl (C=O) groups excluding carboxylic acids is 2. The van der Waals surface area contributed by atoms with E-state index in [0.29, 0.717) is 23.5 Å². The summed E-state index contributed by atoms with van der Waals surface area (Å²) >= 11 is 0. The summed E-state index contributed by atoms with van der Waals surface area (Å²) in [5, 5.41) is 0. The van der Waals surface area contributed by atoms with Gasteiger partial charge in [0.2, 0.25) is 6.10 Å². The number of benzene rings is 2. The van der Waals surface area contributed by atoms with Crippen LogP contribution in [0.4, 0.5) is 0 Å². The van der Waals surface area contributed by atoms with Crippen LogP contribution in [0, 0.1) is 0 Å². The molecule has 1 saturated heterocycles. The average Bonchev–Trinajstić information content (AvgIpc) is 3.21. The van der Waals surface area contributed by atoms with Crippen LogP contribution in [0.5, 0.6) is 0 Å². The van der Waals surface area contributed by atoms with E-state index in [1.165, 1.54) is 6.26 Å². The van der Waals surface area contributed by atoms with E-state index in [4.69, 9.17) is 4.74 Å². The van der Waals surface area contributed by atoms with Crippen LogP contribution in [0.1, 0.15) is 34.9 Å². The highest BCUT2D eigenvalue weighted by molar-refractivity contribution is 7.84. The minimum atomic E-state index is -1.33. The molecular weight excluding hydrogens is 350 g/mol. The number of hydrogen-bond donors (Lipinski definition) is 0. The van der Waals surface area contributed by atoms with E-state index >= 15 is 0 Å². The Hall–Kier alpha value is -2.47. The summed E-state index contributed by atoms with van der Waals surface area (Å²) in [4.78, 5) is 27.8. The number of rotatable bonds is 5. The highest BCUT2D eigenvalue weighted by atomic mass is 32.2. The van der Waals surface area contributed by atoms with Gasteiger partial charge in [0, 0.05) is 24.9 Å². The molecule has 0 aromatic heterocycles. The molecule has 0 spiro atoms. The van der Waals surface area contributed by atoms with Gasteiger partial charge >= 0.3 is 5.97 Å². The normalized spacial score (nSPS) is 16.1. The maximum atomic E-state index is 12.9. The second kappa shape index (κ2) is 8.27. The van der Waals surface area contributed by atoms with Crippen molar-refractivity contribution in [2.45, 2.75) is 23.8 Å². The third kappa shape index (κ3) is 4.02. The van der Waals surface area contributed by atoms with Gasteiger partial charge in [-0.15, -0.1) is 0 Å². The van der Waals surface area contributed by atoms with Crippen molar-refractivity contribution < 1.29 is 18.5 Å². The van der Waals surface area contributed by atoms with Crippen LogP contribution >= 0.6 is 0 Å². The summed E-state index contributed by atoms with van der Waals surface area (Å²) in [6.07, 6.45) is 2.42. The summed E-state index contributed by atoms with van der Waals surface area (Å²) < 4.78 is 17.5. The molecule has 1 aliphatic heterocycles. The molecule has 1 heterocycles. The summed E-state index contributed by atoms with van der Waals surface area (Å²) in [7, 11) is -1.33. The van der Waals surface area contributed by atoms with Crippen molar-refractivity contribution in [2.24, 2.45) is 0 Å². The second-order valence-electron chi connectivity index (χ2n) is 6.18. The molecule has 1 aliphatic rings. The van der Waals surface area contributed by atoms with E-state index < -0.39 is 22.9 Å². The van der Waals surface area contributed by atoms with Crippen molar-refractivity contribution >= 4 is 22.7 Å². The predicted molar refractivity (Wildman–Crippen MR) is 99.2 cm³/mol. The summed E-state index contributed by atoms with van der Waals surface area (Å²) in [5.74, 6) is -0.852. The van der Waals surface area contributed by atoms with E-state index in [1.54, 1.807) is 41.3 Å². The number of nitrogens with zero attached hydrogens (tertiary/aromatic N) is 1. The Morgan fingerprint density at radius 1 is 1.00 bits per heavy atom. The first-order valence-corrected chi connectivity index (χ1v) is 10.1. The number of amides is 1. The summed E-state index contributed by atoms with van der Waals surface area (Å²) in [6, 6.07) is 15.6. The molecule has 3 rings (SSSR count). The quantitative estimate of drug-likeness (QED) is 0.758. The molecule has 0 unspecified atom stereocenters. The fourth-order valence-electron chi connectivity index (χ4n) is 3.05. The molecule has 1 amide bonds. The summed E-state index contributed by atoms with van der Waals surface area (Å²) in [5.41, 5.74) is 0.858. The van der Waals surface area contributed by atoms with Crippen LogP contribution in [0.3, 0.4) is 0 Å². The molecular formula is C20H21NO4S. The van der Waals surface area contributed by atoms with E-state index in [9.17, 15) is 13.8 Å². The fraction of sp³-hybridized carbons (Fsp3) is 0.300. The highest BCUT2D eigenvalue weighted by Gasteiger charge is 2.31. The van der Waals surface area contributed by atoms with Crippen molar-refractivity contribution in [3.63, 3.8) is 0 Å². The zero-order valence-electron chi connectivity index (χ0n) is 14.6. The minimum Gasteiger partial charge on any atom is -0.444 e. The van der Waals surface area contributed by atoms with Crippen LogP contribution < -0.4 is 0 Å². The number of likely N-dealkylation sites (tertiary alicyclic amines) is 1. The molecule has 2 aromatic carbocycles. The second-order valence-corrected chi connectivity index (χ2v) is 7.53. The van der Waals surface area contributed by atoms with Gasteiger partial charge in [-0.2, -0.15) is 0 Å². The molecule has 0 N–H and O–H groups in total. The van der Waals surface area contributed by atoms with Gasteiger partial charge in [0.05, 0.1) is 21.3 Å². The number of hydrogen-bond acceptors (Lipinski definition) is 4. The fourth-order valence-corrected chi connectivity index (χ4v) is 3.78.